The van der Waals surface area contributed by atoms with E-state index in [9.17, 15) is 18.3 Å². The van der Waals surface area contributed by atoms with Gasteiger partial charge >= 0.3 is 5.97 Å². The lowest BCUT2D eigenvalue weighted by molar-refractivity contribution is 0.0696. The number of nitrogens with zero attached hydrogens (tertiary/aromatic N) is 3. The van der Waals surface area contributed by atoms with Crippen molar-refractivity contribution in [2.45, 2.75) is 18.9 Å². The molecule has 0 aliphatic carbocycles. The van der Waals surface area contributed by atoms with Crippen LogP contribution in [0.25, 0.3) is 22.0 Å². The van der Waals surface area contributed by atoms with Gasteiger partial charge in [-0.2, -0.15) is 5.10 Å². The molecule has 174 valence electrons. The molecule has 1 aromatic carbocycles. The minimum absolute atomic E-state index is 0.0242. The molecule has 1 fully saturated rings. The fraction of sp³-hybridized carbons (Fsp3) is 0.208. The Labute approximate surface area is 205 Å². The Balaban J connectivity index is 1.73. The summed E-state index contributed by atoms with van der Waals surface area (Å²) in [5, 5.41) is 14.3. The molecule has 0 radical (unpaired) electrons. The van der Waals surface area contributed by atoms with Gasteiger partial charge in [0, 0.05) is 18.2 Å². The van der Waals surface area contributed by atoms with Crippen LogP contribution in [0, 0.1) is 0 Å². The normalized spacial score (nSPS) is 17.1. The average molecular weight is 514 g/mol. The molecule has 34 heavy (non-hydrogen) atoms. The molecule has 1 N–H and O–H groups in total. The molecule has 0 spiro atoms. The highest BCUT2D eigenvalue weighted by molar-refractivity contribution is 7.91. The van der Waals surface area contributed by atoms with Crippen LogP contribution in [0.1, 0.15) is 33.9 Å². The Morgan fingerprint density at radius 3 is 2.68 bits per heavy atom. The molecule has 1 saturated heterocycles. The first kappa shape index (κ1) is 22.8. The van der Waals surface area contributed by atoms with Crippen LogP contribution >= 0.6 is 22.9 Å². The molecule has 7 nitrogen and oxygen atoms in total. The molecule has 0 bridgehead atoms. The van der Waals surface area contributed by atoms with Gasteiger partial charge in [-0.3, -0.25) is 9.67 Å². The van der Waals surface area contributed by atoms with E-state index in [1.54, 1.807) is 30.5 Å². The first-order chi connectivity index (χ1) is 16.3. The number of benzene rings is 1. The summed E-state index contributed by atoms with van der Waals surface area (Å²) in [6.45, 7) is 0. The lowest BCUT2D eigenvalue weighted by atomic mass is 9.98. The predicted molar refractivity (Wildman–Crippen MR) is 132 cm³/mol. The summed E-state index contributed by atoms with van der Waals surface area (Å²) in [5.41, 5.74) is 3.96. The second-order valence-corrected chi connectivity index (χ2v) is 12.1. The van der Waals surface area contributed by atoms with Gasteiger partial charge in [0.15, 0.2) is 9.84 Å². The van der Waals surface area contributed by atoms with Crippen molar-refractivity contribution in [1.82, 2.24) is 14.8 Å². The molecule has 3 aromatic heterocycles. The smallest absolute Gasteiger partial charge is 0.335 e. The summed E-state index contributed by atoms with van der Waals surface area (Å²) >= 11 is 7.67. The van der Waals surface area contributed by atoms with E-state index < -0.39 is 15.8 Å². The number of carboxylic acids is 1. The lowest BCUT2D eigenvalue weighted by Gasteiger charge is -2.14. The van der Waals surface area contributed by atoms with Crippen LogP contribution in [0.3, 0.4) is 0 Å². The van der Waals surface area contributed by atoms with Crippen molar-refractivity contribution in [3.05, 3.63) is 81.8 Å². The Bertz CT molecular complexity index is 1480. The third-order valence-electron chi connectivity index (χ3n) is 5.83. The molecule has 5 rings (SSSR count). The zero-order valence-electron chi connectivity index (χ0n) is 17.9. The maximum atomic E-state index is 12.3. The number of hydrogen-bond donors (Lipinski definition) is 1. The zero-order valence-corrected chi connectivity index (χ0v) is 20.3. The van der Waals surface area contributed by atoms with Crippen LogP contribution in [-0.4, -0.2) is 45.8 Å². The number of pyridine rings is 1. The van der Waals surface area contributed by atoms with Crippen LogP contribution in [0.15, 0.2) is 60.8 Å². The van der Waals surface area contributed by atoms with Crippen LogP contribution in [0.5, 0.6) is 0 Å². The predicted octanol–water partition coefficient (Wildman–Crippen LogP) is 4.98. The number of rotatable bonds is 6. The molecule has 0 amide bonds. The van der Waals surface area contributed by atoms with Gasteiger partial charge in [-0.05, 0) is 48.4 Å². The van der Waals surface area contributed by atoms with E-state index in [-0.39, 0.29) is 23.1 Å². The quantitative estimate of drug-likeness (QED) is 0.390. The van der Waals surface area contributed by atoms with E-state index in [1.807, 2.05) is 35.0 Å². The fourth-order valence-corrected chi connectivity index (χ4v) is 7.10. The summed E-state index contributed by atoms with van der Waals surface area (Å²) in [7, 11) is -3.14. The standard InChI is InChI=1S/C24H20ClN3O4S2/c25-21-8-7-20(33-21)23-18(13-15-4-3-5-16(12-15)24(29)30)22(19-6-1-2-10-26-19)27-28(23)17-9-11-34(31,32)14-17/h1-8,10,12,17H,9,11,13-14H2,(H,29,30). The van der Waals surface area contributed by atoms with E-state index in [0.29, 0.717) is 28.6 Å². The van der Waals surface area contributed by atoms with Crippen molar-refractivity contribution < 1.29 is 18.3 Å². The Hall–Kier alpha value is -3.01. The number of hydrogen-bond acceptors (Lipinski definition) is 6. The van der Waals surface area contributed by atoms with Crippen molar-refractivity contribution in [3.8, 4) is 22.0 Å². The number of sulfone groups is 1. The summed E-state index contributed by atoms with van der Waals surface area (Å²) in [4.78, 5) is 16.9. The van der Waals surface area contributed by atoms with Crippen LogP contribution in [-0.2, 0) is 16.3 Å². The van der Waals surface area contributed by atoms with Crippen molar-refractivity contribution in [2.75, 3.05) is 11.5 Å². The number of carbonyl (C=O) groups is 1. The topological polar surface area (TPSA) is 102 Å². The Kier molecular flexibility index (Phi) is 6.01. The maximum Gasteiger partial charge on any atom is 0.335 e. The minimum atomic E-state index is -3.14. The van der Waals surface area contributed by atoms with Gasteiger partial charge in [-0.15, -0.1) is 11.3 Å². The molecule has 4 heterocycles. The van der Waals surface area contributed by atoms with Gasteiger partial charge < -0.3 is 5.11 Å². The van der Waals surface area contributed by atoms with E-state index in [0.717, 1.165) is 21.7 Å². The molecular formula is C24H20ClN3O4S2. The van der Waals surface area contributed by atoms with Gasteiger partial charge in [-0.25, -0.2) is 13.2 Å². The van der Waals surface area contributed by atoms with Crippen LogP contribution < -0.4 is 0 Å². The summed E-state index contributed by atoms with van der Waals surface area (Å²) in [5.74, 6) is -0.850. The first-order valence-electron chi connectivity index (χ1n) is 10.6. The molecule has 1 unspecified atom stereocenters. The highest BCUT2D eigenvalue weighted by atomic mass is 35.5. The summed E-state index contributed by atoms with van der Waals surface area (Å²) < 4.78 is 27.0. The SMILES string of the molecule is O=C(O)c1cccc(Cc2c(-c3ccccn3)nn(C3CCS(=O)(=O)C3)c2-c2ccc(Cl)s2)c1. The molecule has 1 aliphatic heterocycles. The first-order valence-corrected chi connectivity index (χ1v) is 13.6. The fourth-order valence-electron chi connectivity index (χ4n) is 4.30. The monoisotopic (exact) mass is 513 g/mol. The van der Waals surface area contributed by atoms with Crippen molar-refractivity contribution >= 4 is 38.7 Å². The average Bonchev–Trinajstić information content (AvgIpc) is 3.51. The highest BCUT2D eigenvalue weighted by Gasteiger charge is 2.34. The van der Waals surface area contributed by atoms with Gasteiger partial charge in [0.25, 0.3) is 0 Å². The second-order valence-electron chi connectivity index (χ2n) is 8.18. The minimum Gasteiger partial charge on any atom is -0.478 e. The zero-order chi connectivity index (χ0) is 23.9. The van der Waals surface area contributed by atoms with Crippen molar-refractivity contribution in [2.24, 2.45) is 0 Å². The summed E-state index contributed by atoms with van der Waals surface area (Å²) in [6, 6.07) is 15.8. The van der Waals surface area contributed by atoms with Gasteiger partial charge in [-0.1, -0.05) is 29.8 Å². The maximum absolute atomic E-state index is 12.3. The molecule has 1 aliphatic rings. The third kappa shape index (κ3) is 4.51. The Morgan fingerprint density at radius 2 is 2.03 bits per heavy atom. The van der Waals surface area contributed by atoms with E-state index in [4.69, 9.17) is 16.7 Å². The summed E-state index contributed by atoms with van der Waals surface area (Å²) in [6.07, 6.45) is 2.56. The highest BCUT2D eigenvalue weighted by Crippen LogP contribution is 2.41. The number of halogens is 1. The van der Waals surface area contributed by atoms with Gasteiger partial charge in [0.2, 0.25) is 0 Å². The lowest BCUT2D eigenvalue weighted by Crippen LogP contribution is -2.13. The van der Waals surface area contributed by atoms with Crippen LogP contribution in [0.4, 0.5) is 0 Å². The third-order valence-corrected chi connectivity index (χ3v) is 8.82. The van der Waals surface area contributed by atoms with E-state index in [1.165, 1.54) is 11.3 Å². The van der Waals surface area contributed by atoms with Gasteiger partial charge in [0.05, 0.1) is 43.7 Å². The van der Waals surface area contributed by atoms with Gasteiger partial charge in [0.1, 0.15) is 5.69 Å². The number of aromatic carboxylic acids is 1. The number of carboxylic acid groups (broad SMARTS) is 1. The molecule has 0 saturated carbocycles. The van der Waals surface area contributed by atoms with Crippen molar-refractivity contribution in [3.63, 3.8) is 0 Å². The van der Waals surface area contributed by atoms with E-state index >= 15 is 0 Å². The molecule has 4 aromatic rings. The van der Waals surface area contributed by atoms with E-state index in [2.05, 4.69) is 4.98 Å². The molecule has 1 atom stereocenters. The molecular weight excluding hydrogens is 494 g/mol. The Morgan fingerprint density at radius 1 is 1.18 bits per heavy atom. The largest absolute Gasteiger partial charge is 0.478 e. The second kappa shape index (κ2) is 8.98. The van der Waals surface area contributed by atoms with Crippen LogP contribution in [0.2, 0.25) is 4.34 Å². The molecule has 10 heteroatoms. The number of aromatic nitrogens is 3. The number of thiophene rings is 1. The van der Waals surface area contributed by atoms with Crippen molar-refractivity contribution in [1.29, 1.82) is 0 Å².